The third-order valence-corrected chi connectivity index (χ3v) is 5.72. The summed E-state index contributed by atoms with van der Waals surface area (Å²) in [6.45, 7) is 2.83. The van der Waals surface area contributed by atoms with Gasteiger partial charge >= 0.3 is 0 Å². The highest BCUT2D eigenvalue weighted by Crippen LogP contribution is 2.46. The van der Waals surface area contributed by atoms with E-state index >= 15 is 0 Å². The lowest BCUT2D eigenvalue weighted by molar-refractivity contribution is -0.302. The zero-order valence-electron chi connectivity index (χ0n) is 15.9. The maximum absolute atomic E-state index is 10.3. The molecule has 2 heterocycles. The topological polar surface area (TPSA) is 68.2 Å². The molecule has 150 valence electrons. The molecule has 2 aromatic carbocycles. The molecule has 6 heteroatoms. The number of halogens is 1. The predicted octanol–water partition coefficient (Wildman–Crippen LogP) is 3.54. The van der Waals surface area contributed by atoms with Gasteiger partial charge in [0.05, 0.1) is 32.0 Å². The average Bonchev–Trinajstić information content (AvgIpc) is 2.99. The van der Waals surface area contributed by atoms with Crippen LogP contribution in [0.5, 0.6) is 5.75 Å². The Morgan fingerprint density at radius 1 is 1.25 bits per heavy atom. The standard InChI is InChI=1S/C22H25ClO5/c1-2-26-18-5-3-14(4-6-18)7-15-8-20-16(9-21(15)23)13-27-22(20)11-17(25)10-19(12-24)28-22/h3-6,8-9,17,19,24-25H,2,7,10-13H2,1H3. The van der Waals surface area contributed by atoms with E-state index < -0.39 is 18.0 Å². The first-order chi connectivity index (χ1) is 13.5. The summed E-state index contributed by atoms with van der Waals surface area (Å²) in [6.07, 6.45) is 0.396. The van der Waals surface area contributed by atoms with Crippen LogP contribution >= 0.6 is 11.6 Å². The third-order valence-electron chi connectivity index (χ3n) is 5.37. The summed E-state index contributed by atoms with van der Waals surface area (Å²) < 4.78 is 17.6. The van der Waals surface area contributed by atoms with Crippen LogP contribution in [0.3, 0.4) is 0 Å². The van der Waals surface area contributed by atoms with Crippen LogP contribution in [0.1, 0.15) is 42.0 Å². The van der Waals surface area contributed by atoms with E-state index in [1.165, 1.54) is 0 Å². The van der Waals surface area contributed by atoms with Crippen molar-refractivity contribution in [1.82, 2.24) is 0 Å². The van der Waals surface area contributed by atoms with Crippen LogP contribution in [0, 0.1) is 0 Å². The lowest BCUT2D eigenvalue weighted by atomic mass is 9.90. The van der Waals surface area contributed by atoms with E-state index in [0.717, 1.165) is 28.0 Å². The second kappa shape index (κ2) is 8.01. The molecule has 2 N–H and O–H groups in total. The van der Waals surface area contributed by atoms with Crippen molar-refractivity contribution < 1.29 is 24.4 Å². The minimum absolute atomic E-state index is 0.149. The molecule has 0 amide bonds. The fraction of sp³-hybridized carbons (Fsp3) is 0.455. The van der Waals surface area contributed by atoms with Crippen LogP contribution in [-0.4, -0.2) is 35.6 Å². The van der Waals surface area contributed by atoms with Crippen molar-refractivity contribution in [1.29, 1.82) is 0 Å². The van der Waals surface area contributed by atoms with Crippen molar-refractivity contribution in [3.05, 3.63) is 63.7 Å². The number of hydrogen-bond acceptors (Lipinski definition) is 5. The molecule has 0 saturated carbocycles. The minimum Gasteiger partial charge on any atom is -0.494 e. The van der Waals surface area contributed by atoms with Crippen LogP contribution in [0.4, 0.5) is 0 Å². The molecule has 2 aromatic rings. The minimum atomic E-state index is -1.02. The molecule has 28 heavy (non-hydrogen) atoms. The van der Waals surface area contributed by atoms with Gasteiger partial charge in [-0.3, -0.25) is 0 Å². The Balaban J connectivity index is 1.63. The van der Waals surface area contributed by atoms with E-state index in [4.69, 9.17) is 25.8 Å². The Hall–Kier alpha value is -1.63. The van der Waals surface area contributed by atoms with E-state index in [1.54, 1.807) is 0 Å². The van der Waals surface area contributed by atoms with Gasteiger partial charge in [0.25, 0.3) is 0 Å². The number of ether oxygens (including phenoxy) is 3. The van der Waals surface area contributed by atoms with Crippen molar-refractivity contribution in [2.24, 2.45) is 0 Å². The van der Waals surface area contributed by atoms with E-state index in [1.807, 2.05) is 43.3 Å². The number of fused-ring (bicyclic) bond motifs is 2. The van der Waals surface area contributed by atoms with Crippen LogP contribution in [0.2, 0.25) is 5.02 Å². The van der Waals surface area contributed by atoms with Gasteiger partial charge in [0, 0.05) is 23.4 Å². The monoisotopic (exact) mass is 404 g/mol. The third kappa shape index (κ3) is 3.78. The lowest BCUT2D eigenvalue weighted by Gasteiger charge is -2.40. The largest absolute Gasteiger partial charge is 0.494 e. The molecule has 3 unspecified atom stereocenters. The quantitative estimate of drug-likeness (QED) is 0.797. The molecule has 0 aromatic heterocycles. The average molecular weight is 405 g/mol. The number of hydrogen-bond donors (Lipinski definition) is 2. The van der Waals surface area contributed by atoms with Gasteiger partial charge in [-0.05, 0) is 54.3 Å². The van der Waals surface area contributed by atoms with Crippen molar-refractivity contribution in [3.8, 4) is 5.75 Å². The maximum Gasteiger partial charge on any atom is 0.198 e. The van der Waals surface area contributed by atoms with Gasteiger partial charge < -0.3 is 24.4 Å². The molecular weight excluding hydrogens is 380 g/mol. The summed E-state index contributed by atoms with van der Waals surface area (Å²) in [5.74, 6) is -0.170. The molecular formula is C22H25ClO5. The van der Waals surface area contributed by atoms with Crippen molar-refractivity contribution in [2.75, 3.05) is 13.2 Å². The van der Waals surface area contributed by atoms with Gasteiger partial charge in [-0.2, -0.15) is 0 Å². The van der Waals surface area contributed by atoms with E-state index in [2.05, 4.69) is 0 Å². The first kappa shape index (κ1) is 19.7. The summed E-state index contributed by atoms with van der Waals surface area (Å²) in [4.78, 5) is 0. The Bertz CT molecular complexity index is 838. The SMILES string of the molecule is CCOc1ccc(Cc2cc3c(cc2Cl)COC32CC(O)CC(CO)O2)cc1. The maximum atomic E-state index is 10.3. The fourth-order valence-electron chi connectivity index (χ4n) is 4.07. The molecule has 3 atom stereocenters. The molecule has 1 spiro atoms. The smallest absolute Gasteiger partial charge is 0.198 e. The molecule has 5 nitrogen and oxygen atoms in total. The van der Waals surface area contributed by atoms with Crippen molar-refractivity contribution in [2.45, 2.75) is 50.8 Å². The van der Waals surface area contributed by atoms with Gasteiger partial charge in [-0.25, -0.2) is 0 Å². The second-order valence-corrected chi connectivity index (χ2v) is 7.82. The molecule has 1 saturated heterocycles. The summed E-state index contributed by atoms with van der Waals surface area (Å²) >= 11 is 6.54. The van der Waals surface area contributed by atoms with Crippen LogP contribution < -0.4 is 4.74 Å². The summed E-state index contributed by atoms with van der Waals surface area (Å²) in [6, 6.07) is 11.9. The summed E-state index contributed by atoms with van der Waals surface area (Å²) in [7, 11) is 0. The Morgan fingerprint density at radius 2 is 2.04 bits per heavy atom. The highest BCUT2D eigenvalue weighted by atomic mass is 35.5. The first-order valence-electron chi connectivity index (χ1n) is 9.67. The Kier molecular flexibility index (Phi) is 5.63. The molecule has 0 bridgehead atoms. The molecule has 0 aliphatic carbocycles. The molecule has 4 rings (SSSR count). The van der Waals surface area contributed by atoms with Gasteiger partial charge in [0.1, 0.15) is 5.75 Å². The van der Waals surface area contributed by atoms with Gasteiger partial charge in [0.2, 0.25) is 0 Å². The van der Waals surface area contributed by atoms with Gasteiger partial charge in [-0.15, -0.1) is 0 Å². The zero-order valence-corrected chi connectivity index (χ0v) is 16.6. The molecule has 1 fully saturated rings. The second-order valence-electron chi connectivity index (χ2n) is 7.41. The van der Waals surface area contributed by atoms with Crippen LogP contribution in [0.25, 0.3) is 0 Å². The number of aliphatic hydroxyl groups is 2. The predicted molar refractivity (Wildman–Crippen MR) is 106 cm³/mol. The normalized spacial score (nSPS) is 26.4. The van der Waals surface area contributed by atoms with Crippen molar-refractivity contribution in [3.63, 3.8) is 0 Å². The molecule has 0 radical (unpaired) electrons. The number of benzene rings is 2. The highest BCUT2D eigenvalue weighted by Gasteiger charge is 2.48. The van der Waals surface area contributed by atoms with Crippen LogP contribution in [0.15, 0.2) is 36.4 Å². The van der Waals surface area contributed by atoms with Crippen molar-refractivity contribution >= 4 is 11.6 Å². The van der Waals surface area contributed by atoms with E-state index in [-0.39, 0.29) is 6.61 Å². The summed E-state index contributed by atoms with van der Waals surface area (Å²) in [5.41, 5.74) is 3.95. The van der Waals surface area contributed by atoms with Gasteiger partial charge in [-0.1, -0.05) is 23.7 Å². The Labute approximate surface area is 169 Å². The highest BCUT2D eigenvalue weighted by molar-refractivity contribution is 6.31. The van der Waals surface area contributed by atoms with E-state index in [0.29, 0.717) is 37.5 Å². The molecule has 2 aliphatic rings. The number of aliphatic hydroxyl groups excluding tert-OH is 2. The lowest BCUT2D eigenvalue weighted by Crippen LogP contribution is -2.45. The first-order valence-corrected chi connectivity index (χ1v) is 10.0. The zero-order chi connectivity index (χ0) is 19.7. The van der Waals surface area contributed by atoms with Gasteiger partial charge in [0.15, 0.2) is 5.79 Å². The summed E-state index contributed by atoms with van der Waals surface area (Å²) in [5, 5.41) is 20.5. The molecule has 2 aliphatic heterocycles. The van der Waals surface area contributed by atoms with E-state index in [9.17, 15) is 10.2 Å². The Morgan fingerprint density at radius 3 is 2.75 bits per heavy atom. The fourth-order valence-corrected chi connectivity index (χ4v) is 4.32. The number of rotatable bonds is 5. The van der Waals surface area contributed by atoms with Crippen LogP contribution in [-0.2, 0) is 28.3 Å².